The maximum atomic E-state index is 12.3. The SMILES string of the molecule is O=C(NCC1CCN(CC(F)(F)F)C1)NC(CO)c1ccccc1. The van der Waals surface area contributed by atoms with Crippen LogP contribution in [-0.4, -0.2) is 55.0 Å². The number of likely N-dealkylation sites (tertiary alicyclic amines) is 1. The number of hydrogen-bond acceptors (Lipinski definition) is 3. The van der Waals surface area contributed by atoms with Gasteiger partial charge < -0.3 is 15.7 Å². The highest BCUT2D eigenvalue weighted by Crippen LogP contribution is 2.22. The van der Waals surface area contributed by atoms with Crippen LogP contribution in [0.2, 0.25) is 0 Å². The molecule has 3 N–H and O–H groups in total. The summed E-state index contributed by atoms with van der Waals surface area (Å²) in [7, 11) is 0. The van der Waals surface area contributed by atoms with Crippen LogP contribution >= 0.6 is 0 Å². The minimum absolute atomic E-state index is 0.00222. The fourth-order valence-corrected chi connectivity index (χ4v) is 2.84. The van der Waals surface area contributed by atoms with Crippen molar-refractivity contribution >= 4 is 6.03 Å². The van der Waals surface area contributed by atoms with Gasteiger partial charge in [0.25, 0.3) is 0 Å². The largest absolute Gasteiger partial charge is 0.401 e. The zero-order valence-corrected chi connectivity index (χ0v) is 13.2. The van der Waals surface area contributed by atoms with Crippen molar-refractivity contribution in [1.29, 1.82) is 0 Å². The van der Waals surface area contributed by atoms with E-state index in [1.165, 1.54) is 4.90 Å². The standard InChI is InChI=1S/C16H22F3N3O2/c17-16(18,19)11-22-7-6-12(9-22)8-20-15(24)21-14(10-23)13-4-2-1-3-5-13/h1-5,12,14,23H,6-11H2,(H2,20,21,24). The number of rotatable bonds is 6. The minimum atomic E-state index is -4.19. The molecule has 0 bridgehead atoms. The molecule has 0 spiro atoms. The van der Waals surface area contributed by atoms with Crippen molar-refractivity contribution in [3.63, 3.8) is 0 Å². The second-order valence-electron chi connectivity index (χ2n) is 6.01. The number of alkyl halides is 3. The Morgan fingerprint density at radius 3 is 2.67 bits per heavy atom. The van der Waals surface area contributed by atoms with Gasteiger partial charge in [-0.15, -0.1) is 0 Å². The molecule has 1 aliphatic heterocycles. The van der Waals surface area contributed by atoms with E-state index >= 15 is 0 Å². The van der Waals surface area contributed by atoms with Gasteiger partial charge in [-0.3, -0.25) is 4.90 Å². The average Bonchev–Trinajstić information content (AvgIpc) is 2.97. The summed E-state index contributed by atoms with van der Waals surface area (Å²) in [6, 6.07) is 8.10. The first-order chi connectivity index (χ1) is 11.4. The van der Waals surface area contributed by atoms with Crippen molar-refractivity contribution in [1.82, 2.24) is 15.5 Å². The number of carbonyl (C=O) groups is 1. The Hall–Kier alpha value is -1.80. The molecule has 134 valence electrons. The quantitative estimate of drug-likeness (QED) is 0.738. The van der Waals surface area contributed by atoms with Crippen molar-refractivity contribution < 1.29 is 23.1 Å². The molecule has 0 aromatic heterocycles. The van der Waals surface area contributed by atoms with E-state index in [1.807, 2.05) is 18.2 Å². The van der Waals surface area contributed by atoms with Gasteiger partial charge in [-0.1, -0.05) is 30.3 Å². The summed E-state index contributed by atoms with van der Waals surface area (Å²) in [4.78, 5) is 13.3. The Bertz CT molecular complexity index is 525. The monoisotopic (exact) mass is 345 g/mol. The summed E-state index contributed by atoms with van der Waals surface area (Å²) in [5.41, 5.74) is 0.785. The highest BCUT2D eigenvalue weighted by Gasteiger charge is 2.34. The molecule has 8 heteroatoms. The van der Waals surface area contributed by atoms with Gasteiger partial charge >= 0.3 is 12.2 Å². The molecule has 24 heavy (non-hydrogen) atoms. The predicted molar refractivity (Wildman–Crippen MR) is 83.4 cm³/mol. The first-order valence-electron chi connectivity index (χ1n) is 7.86. The maximum Gasteiger partial charge on any atom is 0.401 e. The summed E-state index contributed by atoms with van der Waals surface area (Å²) in [6.07, 6.45) is -3.57. The maximum absolute atomic E-state index is 12.3. The number of nitrogens with one attached hydrogen (secondary N) is 2. The molecule has 1 fully saturated rings. The van der Waals surface area contributed by atoms with Crippen LogP contribution < -0.4 is 10.6 Å². The number of halogens is 3. The molecule has 1 saturated heterocycles. The fourth-order valence-electron chi connectivity index (χ4n) is 2.84. The topological polar surface area (TPSA) is 64.6 Å². The third kappa shape index (κ3) is 6.01. The number of amides is 2. The molecule has 0 saturated carbocycles. The van der Waals surface area contributed by atoms with E-state index in [0.29, 0.717) is 26.1 Å². The summed E-state index contributed by atoms with van der Waals surface area (Å²) in [6.45, 7) is -0.123. The lowest BCUT2D eigenvalue weighted by atomic mass is 10.1. The van der Waals surface area contributed by atoms with Gasteiger partial charge in [0.15, 0.2) is 0 Å². The minimum Gasteiger partial charge on any atom is -0.394 e. The van der Waals surface area contributed by atoms with Crippen molar-refractivity contribution in [2.45, 2.75) is 18.6 Å². The second kappa shape index (κ2) is 8.34. The molecule has 2 rings (SSSR count). The van der Waals surface area contributed by atoms with Crippen molar-refractivity contribution in [3.8, 4) is 0 Å². The second-order valence-corrected chi connectivity index (χ2v) is 6.01. The van der Waals surface area contributed by atoms with Crippen LogP contribution in [0.4, 0.5) is 18.0 Å². The molecular formula is C16H22F3N3O2. The van der Waals surface area contributed by atoms with Crippen LogP contribution in [0.25, 0.3) is 0 Å². The molecule has 1 aliphatic rings. The van der Waals surface area contributed by atoms with Crippen LogP contribution in [0.5, 0.6) is 0 Å². The number of aliphatic hydroxyl groups is 1. The lowest BCUT2D eigenvalue weighted by molar-refractivity contribution is -0.143. The molecule has 5 nitrogen and oxygen atoms in total. The zero-order chi connectivity index (χ0) is 17.6. The van der Waals surface area contributed by atoms with E-state index in [0.717, 1.165) is 5.56 Å². The number of nitrogens with zero attached hydrogens (tertiary/aromatic N) is 1. The Labute approximate surface area is 138 Å². The van der Waals surface area contributed by atoms with Crippen LogP contribution in [-0.2, 0) is 0 Å². The van der Waals surface area contributed by atoms with Crippen LogP contribution in [0, 0.1) is 5.92 Å². The van der Waals surface area contributed by atoms with E-state index in [2.05, 4.69) is 10.6 Å². The number of hydrogen-bond donors (Lipinski definition) is 3. The third-order valence-corrected chi connectivity index (χ3v) is 4.01. The average molecular weight is 345 g/mol. The summed E-state index contributed by atoms with van der Waals surface area (Å²) in [5.74, 6) is 0.00222. The number of aliphatic hydroxyl groups excluding tert-OH is 1. The molecule has 0 aliphatic carbocycles. The zero-order valence-electron chi connectivity index (χ0n) is 13.2. The highest BCUT2D eigenvalue weighted by molar-refractivity contribution is 5.74. The van der Waals surface area contributed by atoms with E-state index < -0.39 is 24.8 Å². The molecular weight excluding hydrogens is 323 g/mol. The van der Waals surface area contributed by atoms with Gasteiger partial charge in [0.1, 0.15) is 0 Å². The summed E-state index contributed by atoms with van der Waals surface area (Å²) < 4.78 is 37.0. The normalized spacial score (nSPS) is 19.9. The van der Waals surface area contributed by atoms with Crippen molar-refractivity contribution in [2.24, 2.45) is 5.92 Å². The lowest BCUT2D eigenvalue weighted by Crippen LogP contribution is -2.41. The summed E-state index contributed by atoms with van der Waals surface area (Å²) in [5, 5.41) is 14.7. The first-order valence-corrected chi connectivity index (χ1v) is 7.86. The smallest absolute Gasteiger partial charge is 0.394 e. The van der Waals surface area contributed by atoms with Crippen molar-refractivity contribution in [3.05, 3.63) is 35.9 Å². The molecule has 2 atom stereocenters. The Kier molecular flexibility index (Phi) is 6.44. The van der Waals surface area contributed by atoms with Gasteiger partial charge in [-0.05, 0) is 24.4 Å². The van der Waals surface area contributed by atoms with Crippen LogP contribution in [0.1, 0.15) is 18.0 Å². The molecule has 2 unspecified atom stereocenters. The Morgan fingerprint density at radius 1 is 1.33 bits per heavy atom. The molecule has 1 aromatic rings. The van der Waals surface area contributed by atoms with E-state index in [-0.39, 0.29) is 12.5 Å². The first kappa shape index (κ1) is 18.5. The lowest BCUT2D eigenvalue weighted by Gasteiger charge is -2.19. The molecule has 1 heterocycles. The number of carbonyl (C=O) groups excluding carboxylic acids is 1. The van der Waals surface area contributed by atoms with E-state index in [4.69, 9.17) is 0 Å². The Morgan fingerprint density at radius 2 is 2.04 bits per heavy atom. The van der Waals surface area contributed by atoms with E-state index in [1.54, 1.807) is 12.1 Å². The van der Waals surface area contributed by atoms with Gasteiger partial charge in [0.05, 0.1) is 19.2 Å². The molecule has 2 amide bonds. The van der Waals surface area contributed by atoms with Crippen LogP contribution in [0.15, 0.2) is 30.3 Å². The highest BCUT2D eigenvalue weighted by atomic mass is 19.4. The fraction of sp³-hybridized carbons (Fsp3) is 0.562. The number of benzene rings is 1. The Balaban J connectivity index is 1.73. The van der Waals surface area contributed by atoms with Gasteiger partial charge in [0, 0.05) is 13.1 Å². The summed E-state index contributed by atoms with van der Waals surface area (Å²) >= 11 is 0. The predicted octanol–water partition coefficient (Wildman–Crippen LogP) is 1.90. The van der Waals surface area contributed by atoms with Gasteiger partial charge in [-0.25, -0.2) is 4.79 Å². The molecule has 1 aromatic carbocycles. The van der Waals surface area contributed by atoms with Gasteiger partial charge in [0.2, 0.25) is 0 Å². The number of urea groups is 1. The van der Waals surface area contributed by atoms with Crippen LogP contribution in [0.3, 0.4) is 0 Å². The van der Waals surface area contributed by atoms with E-state index in [9.17, 15) is 23.1 Å². The van der Waals surface area contributed by atoms with Gasteiger partial charge in [-0.2, -0.15) is 13.2 Å². The molecule has 0 radical (unpaired) electrons. The third-order valence-electron chi connectivity index (χ3n) is 4.01. The van der Waals surface area contributed by atoms with Crippen molar-refractivity contribution in [2.75, 3.05) is 32.8 Å².